The van der Waals surface area contributed by atoms with E-state index in [1.807, 2.05) is 19.9 Å². The number of halogens is 2. The van der Waals surface area contributed by atoms with Crippen LogP contribution in [-0.2, 0) is 15.2 Å². The van der Waals surface area contributed by atoms with Gasteiger partial charge in [0.2, 0.25) is 0 Å². The van der Waals surface area contributed by atoms with Gasteiger partial charge in [-0.25, -0.2) is 4.98 Å². The van der Waals surface area contributed by atoms with Crippen LogP contribution < -0.4 is 0 Å². The van der Waals surface area contributed by atoms with Crippen molar-refractivity contribution in [2.45, 2.75) is 20.0 Å². The Labute approximate surface area is 111 Å². The number of rotatable bonds is 6. The van der Waals surface area contributed by atoms with Crippen molar-refractivity contribution < 1.29 is 9.05 Å². The van der Waals surface area contributed by atoms with Crippen molar-refractivity contribution in [1.29, 1.82) is 0 Å². The van der Waals surface area contributed by atoms with E-state index in [1.54, 1.807) is 6.20 Å². The normalized spacial score (nSPS) is 11.1. The highest BCUT2D eigenvalue weighted by Gasteiger charge is 2.15. The smallest absolute Gasteiger partial charge is 0.175 e. The van der Waals surface area contributed by atoms with Gasteiger partial charge in [-0.2, -0.15) is 0 Å². The summed E-state index contributed by atoms with van der Waals surface area (Å²) in [5.41, 5.74) is 0.942. The van der Waals surface area contributed by atoms with Crippen LogP contribution in [0.4, 0.5) is 0 Å². The van der Waals surface area contributed by atoms with E-state index in [1.165, 1.54) is 0 Å². The van der Waals surface area contributed by atoms with Crippen LogP contribution in [0, 0.1) is 0 Å². The van der Waals surface area contributed by atoms with Crippen molar-refractivity contribution in [3.8, 4) is 0 Å². The van der Waals surface area contributed by atoms with Gasteiger partial charge >= 0.3 is 0 Å². The molecule has 1 rings (SSSR count). The summed E-state index contributed by atoms with van der Waals surface area (Å²) in [6.45, 7) is 5.19. The number of hydrogen-bond donors (Lipinski definition) is 0. The number of pyridine rings is 1. The predicted octanol–water partition coefficient (Wildman–Crippen LogP) is 4.38. The lowest BCUT2D eigenvalue weighted by Crippen LogP contribution is -1.96. The molecule has 0 aliphatic heterocycles. The van der Waals surface area contributed by atoms with Crippen LogP contribution in [-0.4, -0.2) is 18.2 Å². The molecule has 0 amide bonds. The standard InChI is InChI=1S/C10H14BrClNO2P/c1-3-14-16(15-4-2)7-8-9(11)5-6-13-10(8)12/h5-6H,3-4,7H2,1-2H3. The molecule has 0 radical (unpaired) electrons. The Morgan fingerprint density at radius 2 is 2.00 bits per heavy atom. The molecule has 90 valence electrons. The first-order chi connectivity index (χ1) is 7.69. The summed E-state index contributed by atoms with van der Waals surface area (Å²) < 4.78 is 12.0. The Balaban J connectivity index is 2.76. The molecule has 0 N–H and O–H groups in total. The zero-order chi connectivity index (χ0) is 12.0. The average molecular weight is 327 g/mol. The molecule has 0 unspecified atom stereocenters. The van der Waals surface area contributed by atoms with Crippen molar-refractivity contribution in [3.63, 3.8) is 0 Å². The quantitative estimate of drug-likeness (QED) is 0.574. The summed E-state index contributed by atoms with van der Waals surface area (Å²) in [6, 6.07) is 1.87. The van der Waals surface area contributed by atoms with Gasteiger partial charge in [-0.05, 0) is 19.9 Å². The highest BCUT2D eigenvalue weighted by Crippen LogP contribution is 2.44. The number of hydrogen-bond acceptors (Lipinski definition) is 3. The van der Waals surface area contributed by atoms with E-state index in [9.17, 15) is 0 Å². The molecule has 0 aliphatic carbocycles. The first-order valence-corrected chi connectivity index (χ1v) is 7.54. The lowest BCUT2D eigenvalue weighted by molar-refractivity contribution is 0.268. The fourth-order valence-corrected chi connectivity index (χ4v) is 3.64. The highest BCUT2D eigenvalue weighted by atomic mass is 79.9. The molecule has 1 aromatic rings. The molecule has 0 bridgehead atoms. The van der Waals surface area contributed by atoms with Gasteiger partial charge in [0.1, 0.15) is 5.15 Å². The molecule has 0 aromatic carbocycles. The molecule has 0 saturated carbocycles. The van der Waals surface area contributed by atoms with Crippen molar-refractivity contribution >= 4 is 35.9 Å². The van der Waals surface area contributed by atoms with E-state index in [2.05, 4.69) is 20.9 Å². The lowest BCUT2D eigenvalue weighted by atomic mass is 10.3. The topological polar surface area (TPSA) is 31.4 Å². The minimum absolute atomic E-state index is 0.501. The van der Waals surface area contributed by atoms with E-state index in [-0.39, 0.29) is 0 Å². The third kappa shape index (κ3) is 4.27. The maximum absolute atomic E-state index is 6.03. The summed E-state index contributed by atoms with van der Waals surface area (Å²) in [4.78, 5) is 4.05. The largest absolute Gasteiger partial charge is 0.334 e. The van der Waals surface area contributed by atoms with Crippen molar-refractivity contribution in [1.82, 2.24) is 4.98 Å². The minimum atomic E-state index is -0.924. The third-order valence-corrected chi connectivity index (χ3v) is 4.51. The molecular formula is C10H14BrClNO2P. The molecule has 0 saturated heterocycles. The predicted molar refractivity (Wildman–Crippen MR) is 70.8 cm³/mol. The number of aromatic nitrogens is 1. The monoisotopic (exact) mass is 325 g/mol. The van der Waals surface area contributed by atoms with Gasteiger partial charge in [-0.1, -0.05) is 27.5 Å². The van der Waals surface area contributed by atoms with Crippen molar-refractivity contribution in [2.24, 2.45) is 0 Å². The molecule has 0 spiro atoms. The SMILES string of the molecule is CCOP(Cc1c(Br)ccnc1Cl)OCC. The zero-order valence-corrected chi connectivity index (χ0v) is 12.5. The van der Waals surface area contributed by atoms with Crippen LogP contribution in [0.1, 0.15) is 19.4 Å². The summed E-state index contributed by atoms with van der Waals surface area (Å²) in [5.74, 6) is 0. The first kappa shape index (κ1) is 14.3. The van der Waals surface area contributed by atoms with E-state index >= 15 is 0 Å². The summed E-state index contributed by atoms with van der Waals surface area (Å²) in [6.07, 6.45) is 2.32. The summed E-state index contributed by atoms with van der Waals surface area (Å²) in [5, 5.41) is 0.501. The molecule has 1 heterocycles. The maximum atomic E-state index is 6.03. The molecule has 6 heteroatoms. The van der Waals surface area contributed by atoms with Crippen LogP contribution in [0.3, 0.4) is 0 Å². The molecular weight excluding hydrogens is 312 g/mol. The summed E-state index contributed by atoms with van der Waals surface area (Å²) >= 11 is 9.48. The number of nitrogens with zero attached hydrogens (tertiary/aromatic N) is 1. The van der Waals surface area contributed by atoms with Crippen molar-refractivity contribution in [2.75, 3.05) is 13.2 Å². The van der Waals surface area contributed by atoms with Crippen LogP contribution in [0.5, 0.6) is 0 Å². The minimum Gasteiger partial charge on any atom is -0.334 e. The average Bonchev–Trinajstić information content (AvgIpc) is 2.24. The second-order valence-electron chi connectivity index (χ2n) is 2.89. The van der Waals surface area contributed by atoms with Gasteiger partial charge in [-0.15, -0.1) is 0 Å². The lowest BCUT2D eigenvalue weighted by Gasteiger charge is -2.16. The first-order valence-electron chi connectivity index (χ1n) is 5.01. The Kier molecular flexibility index (Phi) is 6.78. The van der Waals surface area contributed by atoms with Gasteiger partial charge < -0.3 is 9.05 Å². The van der Waals surface area contributed by atoms with Gasteiger partial charge in [0, 0.05) is 22.4 Å². The molecule has 3 nitrogen and oxygen atoms in total. The van der Waals surface area contributed by atoms with Crippen LogP contribution in [0.25, 0.3) is 0 Å². The van der Waals surface area contributed by atoms with E-state index in [0.717, 1.165) is 10.0 Å². The van der Waals surface area contributed by atoms with Gasteiger partial charge in [0.05, 0.1) is 13.2 Å². The fourth-order valence-electron chi connectivity index (χ4n) is 1.13. The van der Waals surface area contributed by atoms with Crippen molar-refractivity contribution in [3.05, 3.63) is 27.5 Å². The fraction of sp³-hybridized carbons (Fsp3) is 0.500. The Morgan fingerprint density at radius 1 is 1.38 bits per heavy atom. The molecule has 1 aromatic heterocycles. The summed E-state index contributed by atoms with van der Waals surface area (Å²) in [7, 11) is -0.924. The maximum Gasteiger partial charge on any atom is 0.175 e. The van der Waals surface area contributed by atoms with Gasteiger partial charge in [0.25, 0.3) is 0 Å². The molecule has 16 heavy (non-hydrogen) atoms. The van der Waals surface area contributed by atoms with Gasteiger partial charge in [0.15, 0.2) is 8.38 Å². The second kappa shape index (κ2) is 7.57. The second-order valence-corrected chi connectivity index (χ2v) is 5.60. The third-order valence-electron chi connectivity index (χ3n) is 1.78. The highest BCUT2D eigenvalue weighted by molar-refractivity contribution is 9.10. The van der Waals surface area contributed by atoms with Crippen LogP contribution in [0.15, 0.2) is 16.7 Å². The van der Waals surface area contributed by atoms with E-state index < -0.39 is 8.38 Å². The Morgan fingerprint density at radius 3 is 2.50 bits per heavy atom. The van der Waals surface area contributed by atoms with E-state index in [0.29, 0.717) is 24.5 Å². The molecule has 0 fully saturated rings. The Bertz CT molecular complexity index is 314. The van der Waals surface area contributed by atoms with E-state index in [4.69, 9.17) is 20.6 Å². The zero-order valence-electron chi connectivity index (χ0n) is 9.24. The van der Waals surface area contributed by atoms with Crippen LogP contribution >= 0.6 is 35.9 Å². The Hall–Kier alpha value is 0.270. The molecule has 0 aliphatic rings. The van der Waals surface area contributed by atoms with Gasteiger partial charge in [-0.3, -0.25) is 0 Å². The molecule has 0 atom stereocenters. The van der Waals surface area contributed by atoms with Crippen LogP contribution in [0.2, 0.25) is 5.15 Å².